The molecule has 0 aromatic carbocycles. The van der Waals surface area contributed by atoms with Gasteiger partial charge in [-0.2, -0.15) is 0 Å². The molecule has 1 atom stereocenters. The second-order valence-corrected chi connectivity index (χ2v) is 3.30. The lowest BCUT2D eigenvalue weighted by Gasteiger charge is -1.96. The summed E-state index contributed by atoms with van der Waals surface area (Å²) in [6.07, 6.45) is 1.94. The maximum Gasteiger partial charge on any atom is 0.241 e. The highest BCUT2D eigenvalue weighted by Gasteiger charge is 2.12. The van der Waals surface area contributed by atoms with Gasteiger partial charge in [-0.15, -0.1) is 0 Å². The van der Waals surface area contributed by atoms with E-state index in [0.29, 0.717) is 5.75 Å². The molecule has 0 amide bonds. The molecule has 0 bridgehead atoms. The van der Waals surface area contributed by atoms with Crippen molar-refractivity contribution in [1.82, 2.24) is 0 Å². The summed E-state index contributed by atoms with van der Waals surface area (Å²) in [7, 11) is 0. The summed E-state index contributed by atoms with van der Waals surface area (Å²) in [6, 6.07) is 0. The number of thioether (sulfide) groups is 1. The molecule has 0 saturated carbocycles. The fraction of sp³-hybridized carbons (Fsp3) is 0.833. The minimum absolute atomic E-state index is 0.574. The van der Waals surface area contributed by atoms with Crippen molar-refractivity contribution >= 4 is 28.5 Å². The van der Waals surface area contributed by atoms with Crippen LogP contribution in [0, 0.1) is 0 Å². The number of hydrogen-bond acceptors (Lipinski definition) is 2. The van der Waals surface area contributed by atoms with Gasteiger partial charge in [0.25, 0.3) is 0 Å². The van der Waals surface area contributed by atoms with Gasteiger partial charge < -0.3 is 0 Å². The Morgan fingerprint density at radius 2 is 2.40 bits per heavy atom. The predicted octanol–water partition coefficient (Wildman–Crippen LogP) is 2.58. The number of alkyl halides is 2. The van der Waals surface area contributed by atoms with Crippen LogP contribution in [0.5, 0.6) is 0 Å². The zero-order chi connectivity index (χ0) is 7.98. The van der Waals surface area contributed by atoms with Crippen molar-refractivity contribution in [2.24, 2.45) is 0 Å². The van der Waals surface area contributed by atoms with Crippen molar-refractivity contribution in [2.75, 3.05) is 5.75 Å². The third-order valence-corrected chi connectivity index (χ3v) is 2.23. The lowest BCUT2D eigenvalue weighted by atomic mass is 10.4. The number of rotatable bonds is 4. The van der Waals surface area contributed by atoms with Gasteiger partial charge in [0.1, 0.15) is 0 Å². The van der Waals surface area contributed by atoms with Gasteiger partial charge in [0, 0.05) is 5.75 Å². The first-order valence-corrected chi connectivity index (χ1v) is 4.55. The second kappa shape index (κ2) is 5.98. The highest BCUT2D eigenvalue weighted by Crippen LogP contribution is 2.12. The van der Waals surface area contributed by atoms with Crippen LogP contribution in [0.3, 0.4) is 0 Å². The molecule has 4 heteroatoms. The normalized spacial score (nSPS) is 13.1. The minimum Gasteiger partial charge on any atom is -0.282 e. The van der Waals surface area contributed by atoms with Crippen LogP contribution < -0.4 is 0 Å². The van der Waals surface area contributed by atoms with Crippen LogP contribution in [0.25, 0.3) is 0 Å². The molecule has 0 aromatic rings. The molecule has 0 spiro atoms. The first-order valence-electron chi connectivity index (χ1n) is 3.13. The first kappa shape index (κ1) is 10.2. The third kappa shape index (κ3) is 5.06. The van der Waals surface area contributed by atoms with Gasteiger partial charge >= 0.3 is 0 Å². The van der Waals surface area contributed by atoms with Crippen molar-refractivity contribution in [3.63, 3.8) is 0 Å². The largest absolute Gasteiger partial charge is 0.282 e. The van der Waals surface area contributed by atoms with E-state index in [1.54, 1.807) is 0 Å². The van der Waals surface area contributed by atoms with E-state index in [0.717, 1.165) is 24.6 Å². The second-order valence-electron chi connectivity index (χ2n) is 1.82. The highest BCUT2D eigenvalue weighted by molar-refractivity contribution is 8.13. The molecule has 0 saturated heterocycles. The molecule has 1 nitrogen and oxygen atoms in total. The highest BCUT2D eigenvalue weighted by atomic mass is 35.5. The minimum atomic E-state index is -1.83. The fourth-order valence-electron chi connectivity index (χ4n) is 0.380. The van der Waals surface area contributed by atoms with E-state index >= 15 is 0 Å². The van der Waals surface area contributed by atoms with E-state index in [1.165, 1.54) is 0 Å². The van der Waals surface area contributed by atoms with E-state index < -0.39 is 10.7 Å². The number of unbranched alkanes of at least 4 members (excludes halogenated alkanes) is 1. The maximum absolute atomic E-state index is 11.9. The standard InChI is InChI=1S/C6H10ClFOS/c1-2-3-4-10-6(9)5(7)8/h5H,2-4H2,1H3. The van der Waals surface area contributed by atoms with Crippen LogP contribution >= 0.6 is 23.4 Å². The van der Waals surface area contributed by atoms with E-state index in [4.69, 9.17) is 11.6 Å². The Bertz CT molecular complexity index is 108. The van der Waals surface area contributed by atoms with Gasteiger partial charge in [-0.1, -0.05) is 36.7 Å². The van der Waals surface area contributed by atoms with E-state index in [9.17, 15) is 9.18 Å². The van der Waals surface area contributed by atoms with Crippen molar-refractivity contribution in [2.45, 2.75) is 25.4 Å². The van der Waals surface area contributed by atoms with Crippen molar-refractivity contribution < 1.29 is 9.18 Å². The lowest BCUT2D eigenvalue weighted by Crippen LogP contribution is -2.03. The Morgan fingerprint density at radius 1 is 1.80 bits per heavy atom. The predicted molar refractivity (Wildman–Crippen MR) is 43.1 cm³/mol. The summed E-state index contributed by atoms with van der Waals surface area (Å²) < 4.78 is 11.9. The number of hydrogen-bond donors (Lipinski definition) is 0. The molecular formula is C6H10ClFOS. The lowest BCUT2D eigenvalue weighted by molar-refractivity contribution is -0.112. The van der Waals surface area contributed by atoms with Crippen molar-refractivity contribution in [1.29, 1.82) is 0 Å². The summed E-state index contributed by atoms with van der Waals surface area (Å²) in [4.78, 5) is 10.5. The fourth-order valence-corrected chi connectivity index (χ4v) is 1.33. The SMILES string of the molecule is CCCCSC(=O)C(F)Cl. The van der Waals surface area contributed by atoms with E-state index in [1.807, 2.05) is 6.92 Å². The molecule has 0 radical (unpaired) electrons. The summed E-state index contributed by atoms with van der Waals surface area (Å²) in [5, 5.41) is -0.574. The molecule has 1 unspecified atom stereocenters. The smallest absolute Gasteiger partial charge is 0.241 e. The molecule has 60 valence electrons. The number of halogens is 2. The van der Waals surface area contributed by atoms with Crippen LogP contribution in [0.1, 0.15) is 19.8 Å². The van der Waals surface area contributed by atoms with E-state index in [2.05, 4.69) is 0 Å². The van der Waals surface area contributed by atoms with Gasteiger partial charge in [-0.25, -0.2) is 4.39 Å². The zero-order valence-corrected chi connectivity index (χ0v) is 7.34. The summed E-state index contributed by atoms with van der Waals surface area (Å²) >= 11 is 5.83. The van der Waals surface area contributed by atoms with Crippen LogP contribution in [-0.4, -0.2) is 16.5 Å². The quantitative estimate of drug-likeness (QED) is 0.494. The molecule has 0 heterocycles. The molecule has 0 aliphatic heterocycles. The molecular weight excluding hydrogens is 175 g/mol. The monoisotopic (exact) mass is 184 g/mol. The average Bonchev–Trinajstić information content (AvgIpc) is 1.88. The van der Waals surface area contributed by atoms with Crippen molar-refractivity contribution in [3.05, 3.63) is 0 Å². The Balaban J connectivity index is 3.22. The van der Waals surface area contributed by atoms with Gasteiger partial charge in [-0.3, -0.25) is 4.79 Å². The Labute approximate surface area is 69.3 Å². The molecule has 0 N–H and O–H groups in total. The summed E-state index contributed by atoms with van der Waals surface area (Å²) in [5.74, 6) is 0.669. The van der Waals surface area contributed by atoms with Gasteiger partial charge in [0.05, 0.1) is 0 Å². The average molecular weight is 185 g/mol. The van der Waals surface area contributed by atoms with Crippen LogP contribution in [-0.2, 0) is 4.79 Å². The Morgan fingerprint density at radius 3 is 2.80 bits per heavy atom. The summed E-state index contributed by atoms with van der Waals surface area (Å²) in [6.45, 7) is 2.01. The van der Waals surface area contributed by atoms with Crippen LogP contribution in [0.15, 0.2) is 0 Å². The van der Waals surface area contributed by atoms with E-state index in [-0.39, 0.29) is 0 Å². The number of carbonyl (C=O) groups is 1. The number of carbonyl (C=O) groups excluding carboxylic acids is 1. The molecule has 0 fully saturated rings. The molecule has 10 heavy (non-hydrogen) atoms. The molecule has 0 aliphatic carbocycles. The molecule has 0 rings (SSSR count). The van der Waals surface area contributed by atoms with Crippen molar-refractivity contribution in [3.8, 4) is 0 Å². The first-order chi connectivity index (χ1) is 4.68. The van der Waals surface area contributed by atoms with Gasteiger partial charge in [-0.05, 0) is 6.42 Å². The Hall–Kier alpha value is 0.240. The van der Waals surface area contributed by atoms with Crippen LogP contribution in [0.4, 0.5) is 4.39 Å². The van der Waals surface area contributed by atoms with Gasteiger partial charge in [0.15, 0.2) is 0 Å². The topological polar surface area (TPSA) is 17.1 Å². The molecule has 0 aromatic heterocycles. The Kier molecular flexibility index (Phi) is 6.13. The zero-order valence-electron chi connectivity index (χ0n) is 5.77. The maximum atomic E-state index is 11.9. The molecule has 0 aliphatic rings. The van der Waals surface area contributed by atoms with Gasteiger partial charge in [0.2, 0.25) is 10.7 Å². The van der Waals surface area contributed by atoms with Crippen LogP contribution in [0.2, 0.25) is 0 Å². The third-order valence-electron chi connectivity index (χ3n) is 0.920. The summed E-state index contributed by atoms with van der Waals surface area (Å²) in [5.41, 5.74) is -1.83.